The standard InChI is InChI=1S/C15H9N2O5P/c16-15-17-8(9-11-12-14(21-9)23(11,12)19)10(22-15)13(18)20-6-7-4-2-1-3-5-7/h1-5H,6H2,(H2,16,17). The van der Waals surface area contributed by atoms with Crippen molar-refractivity contribution in [3.05, 3.63) is 41.7 Å². The van der Waals surface area contributed by atoms with Crippen molar-refractivity contribution in [1.82, 2.24) is 4.98 Å². The topological polar surface area (TPSA) is 109 Å². The molecule has 2 aromatic heterocycles. The molecule has 0 aliphatic carbocycles. The van der Waals surface area contributed by atoms with Crippen LogP contribution in [0, 0.1) is 0 Å². The molecule has 0 radical (unpaired) electrons. The molecule has 114 valence electrons. The van der Waals surface area contributed by atoms with Crippen LogP contribution in [-0.4, -0.2) is 11.0 Å². The van der Waals surface area contributed by atoms with Crippen molar-refractivity contribution in [2.45, 2.75) is 6.61 Å². The first-order valence-corrected chi connectivity index (χ1v) is 8.57. The summed E-state index contributed by atoms with van der Waals surface area (Å²) >= 11 is 0. The Kier molecular flexibility index (Phi) is 2.18. The number of esters is 1. The molecule has 0 saturated carbocycles. The normalized spacial score (nSPS) is 19.3. The summed E-state index contributed by atoms with van der Waals surface area (Å²) < 4.78 is 27.9. The second kappa shape index (κ2) is 3.94. The Labute approximate surface area is 129 Å². The van der Waals surface area contributed by atoms with E-state index in [9.17, 15) is 9.36 Å². The van der Waals surface area contributed by atoms with Crippen LogP contribution < -0.4 is 21.8 Å². The van der Waals surface area contributed by atoms with Gasteiger partial charge in [-0.1, -0.05) is 30.3 Å². The fourth-order valence-electron chi connectivity index (χ4n) is 2.68. The Balaban J connectivity index is 1.43. The average Bonchev–Trinajstić information content (AvgIpc) is 3.10. The Hall–Kier alpha value is -2.79. The number of ether oxygens (including phenoxy) is 1. The van der Waals surface area contributed by atoms with E-state index in [4.69, 9.17) is 19.3 Å². The average molecular weight is 328 g/mol. The second-order valence-electron chi connectivity index (χ2n) is 5.33. The number of oxazole rings is 1. The summed E-state index contributed by atoms with van der Waals surface area (Å²) in [4.78, 5) is 16.2. The molecule has 1 aromatic carbocycles. The van der Waals surface area contributed by atoms with Gasteiger partial charge in [-0.2, -0.15) is 4.98 Å². The molecule has 5 heterocycles. The third-order valence-corrected chi connectivity index (χ3v) is 6.47. The van der Waals surface area contributed by atoms with Gasteiger partial charge in [-0.05, 0) is 5.56 Å². The summed E-state index contributed by atoms with van der Waals surface area (Å²) in [5, 5.41) is 1.43. The van der Waals surface area contributed by atoms with E-state index < -0.39 is 13.1 Å². The quantitative estimate of drug-likeness (QED) is 0.389. The maximum absolute atomic E-state index is 12.2. The first-order chi connectivity index (χ1) is 11.1. The zero-order chi connectivity index (χ0) is 15.8. The number of nitrogen functional groups attached to an aromatic ring is 1. The predicted octanol–water partition coefficient (Wildman–Crippen LogP) is 1.14. The number of anilines is 1. The number of carbonyl (C=O) groups excluding carboxylic acids is 1. The molecule has 1 atom stereocenters. The molecule has 0 amide bonds. The van der Waals surface area contributed by atoms with E-state index in [0.29, 0.717) is 16.6 Å². The molecule has 6 rings (SSSR count). The summed E-state index contributed by atoms with van der Waals surface area (Å²) in [7, 11) is -2.40. The molecule has 3 aliphatic rings. The molecular formula is C15H9N2O5P. The second-order valence-corrected chi connectivity index (χ2v) is 7.85. The molecule has 0 spiro atoms. The molecule has 23 heavy (non-hydrogen) atoms. The molecule has 0 fully saturated rings. The highest BCUT2D eigenvalue weighted by Gasteiger charge is 2.75. The first kappa shape index (κ1) is 12.7. The Morgan fingerprint density at radius 2 is 1.96 bits per heavy atom. The van der Waals surface area contributed by atoms with Crippen molar-refractivity contribution in [1.29, 1.82) is 0 Å². The fourth-order valence-corrected chi connectivity index (χ4v) is 5.16. The van der Waals surface area contributed by atoms with Gasteiger partial charge in [0, 0.05) is 0 Å². The largest absolute Gasteiger partial charge is 0.455 e. The van der Waals surface area contributed by atoms with Crippen LogP contribution in [-0.2, 0) is 15.9 Å². The zero-order valence-corrected chi connectivity index (χ0v) is 12.5. The highest BCUT2D eigenvalue weighted by molar-refractivity contribution is 8.06. The van der Waals surface area contributed by atoms with E-state index in [2.05, 4.69) is 4.98 Å². The van der Waals surface area contributed by atoms with E-state index in [0.717, 1.165) is 10.9 Å². The van der Waals surface area contributed by atoms with Gasteiger partial charge in [-0.25, -0.2) is 4.79 Å². The molecule has 2 bridgehead atoms. The number of furan rings is 1. The molecule has 1 unspecified atom stereocenters. The number of fused-ring (bicyclic) bond motifs is 1. The number of aromatic nitrogens is 1. The van der Waals surface area contributed by atoms with Gasteiger partial charge in [0.2, 0.25) is 12.9 Å². The van der Waals surface area contributed by atoms with Crippen molar-refractivity contribution in [3.63, 3.8) is 0 Å². The van der Waals surface area contributed by atoms with Crippen molar-refractivity contribution in [2.24, 2.45) is 0 Å². The lowest BCUT2D eigenvalue weighted by molar-refractivity contribution is 0.0438. The Morgan fingerprint density at radius 3 is 2.61 bits per heavy atom. The van der Waals surface area contributed by atoms with Crippen LogP contribution in [0.1, 0.15) is 16.1 Å². The highest BCUT2D eigenvalue weighted by Crippen LogP contribution is 2.70. The van der Waals surface area contributed by atoms with Crippen LogP contribution >= 0.6 is 7.14 Å². The van der Waals surface area contributed by atoms with E-state index >= 15 is 0 Å². The fraction of sp³-hybridized carbons (Fsp3) is 0.0667. The Morgan fingerprint density at radius 1 is 1.22 bits per heavy atom. The van der Waals surface area contributed by atoms with Crippen molar-refractivity contribution in [3.8, 4) is 11.5 Å². The summed E-state index contributed by atoms with van der Waals surface area (Å²) in [5.41, 5.74) is 7.06. The van der Waals surface area contributed by atoms with Crippen LogP contribution in [0.2, 0.25) is 0 Å². The van der Waals surface area contributed by atoms with E-state index in [1.54, 1.807) is 0 Å². The lowest BCUT2D eigenvalue weighted by atomic mass is 10.2. The summed E-state index contributed by atoms with van der Waals surface area (Å²) in [5.74, 6) is -0.524. The van der Waals surface area contributed by atoms with Gasteiger partial charge >= 0.3 is 5.97 Å². The van der Waals surface area contributed by atoms with Crippen molar-refractivity contribution < 1.29 is 22.9 Å². The summed E-state index contributed by atoms with van der Waals surface area (Å²) in [6, 6.07) is 9.08. The monoisotopic (exact) mass is 328 g/mol. The highest BCUT2D eigenvalue weighted by atomic mass is 31.2. The molecule has 2 N–H and O–H groups in total. The van der Waals surface area contributed by atoms with Crippen molar-refractivity contribution in [2.75, 3.05) is 5.73 Å². The van der Waals surface area contributed by atoms with Gasteiger partial charge in [-0.3, -0.25) is 0 Å². The number of nitrogens with zero attached hydrogens (tertiary/aromatic N) is 1. The molecule has 7 nitrogen and oxygen atoms in total. The van der Waals surface area contributed by atoms with Crippen LogP contribution in [0.25, 0.3) is 11.5 Å². The van der Waals surface area contributed by atoms with Gasteiger partial charge in [0.1, 0.15) is 6.61 Å². The van der Waals surface area contributed by atoms with E-state index in [1.165, 1.54) is 0 Å². The third kappa shape index (κ3) is 1.57. The van der Waals surface area contributed by atoms with E-state index in [1.807, 2.05) is 30.3 Å². The maximum atomic E-state index is 12.2. The zero-order valence-electron chi connectivity index (χ0n) is 11.6. The number of hydrogen-bond acceptors (Lipinski definition) is 7. The first-order valence-electron chi connectivity index (χ1n) is 6.87. The predicted molar refractivity (Wildman–Crippen MR) is 80.7 cm³/mol. The van der Waals surface area contributed by atoms with Crippen molar-refractivity contribution >= 4 is 35.2 Å². The lowest BCUT2D eigenvalue weighted by Gasteiger charge is -2.03. The van der Waals surface area contributed by atoms with Gasteiger partial charge in [0.15, 0.2) is 17.0 Å². The molecule has 0 saturated heterocycles. The number of nitrogens with two attached hydrogens (primary N) is 1. The van der Waals surface area contributed by atoms with E-state index in [-0.39, 0.29) is 24.1 Å². The van der Waals surface area contributed by atoms with Gasteiger partial charge < -0.3 is 23.9 Å². The molecular weight excluding hydrogens is 319 g/mol. The smallest absolute Gasteiger partial charge is 0.377 e. The number of carbonyl (C=O) groups is 1. The minimum Gasteiger partial charge on any atom is -0.455 e. The summed E-state index contributed by atoms with van der Waals surface area (Å²) in [6.45, 7) is 0.0969. The van der Waals surface area contributed by atoms with Crippen LogP contribution in [0.3, 0.4) is 0 Å². The van der Waals surface area contributed by atoms with Gasteiger partial charge in [-0.15, -0.1) is 0 Å². The number of rotatable bonds is 4. The van der Waals surface area contributed by atoms with Crippen LogP contribution in [0.4, 0.5) is 6.01 Å². The minimum atomic E-state index is -2.40. The molecule has 3 aliphatic heterocycles. The minimum absolute atomic E-state index is 0.0969. The van der Waals surface area contributed by atoms with Crippen LogP contribution in [0.15, 0.2) is 39.2 Å². The molecule has 8 heteroatoms. The van der Waals surface area contributed by atoms with Gasteiger partial charge in [0.05, 0.1) is 10.6 Å². The van der Waals surface area contributed by atoms with Gasteiger partial charge in [0.25, 0.3) is 6.01 Å². The maximum Gasteiger partial charge on any atom is 0.377 e. The third-order valence-electron chi connectivity index (χ3n) is 3.91. The number of hydrogen-bond donors (Lipinski definition) is 1. The molecule has 3 aromatic rings. The summed E-state index contributed by atoms with van der Waals surface area (Å²) in [6.07, 6.45) is 0. The lowest BCUT2D eigenvalue weighted by Crippen LogP contribution is -2.06. The SMILES string of the molecule is Nc1nc(-c2oc3c4c2P34=O)c(C(=O)OCc2ccccc2)o1. The van der Waals surface area contributed by atoms with Crippen LogP contribution in [0.5, 0.6) is 0 Å². The number of benzene rings is 1. The Bertz CT molecular complexity index is 1020.